The van der Waals surface area contributed by atoms with Crippen molar-refractivity contribution < 1.29 is 8.42 Å². The van der Waals surface area contributed by atoms with E-state index in [9.17, 15) is 8.42 Å². The third-order valence-corrected chi connectivity index (χ3v) is 5.05. The predicted octanol–water partition coefficient (Wildman–Crippen LogP) is 1.99. The van der Waals surface area contributed by atoms with Gasteiger partial charge in [-0.15, -0.1) is 0 Å². The fraction of sp³-hybridized carbons (Fsp3) is 0.500. The zero-order chi connectivity index (χ0) is 13.8. The quantitative estimate of drug-likeness (QED) is 0.809. The zero-order valence-corrected chi connectivity index (χ0v) is 13.3. The lowest BCUT2D eigenvalue weighted by atomic mass is 10.2. The molecule has 1 N–H and O–H groups in total. The number of sulfonamides is 1. The van der Waals surface area contributed by atoms with Gasteiger partial charge in [0.05, 0.1) is 4.90 Å². The van der Waals surface area contributed by atoms with E-state index in [2.05, 4.69) is 20.7 Å². The number of hydrogen-bond acceptors (Lipinski definition) is 3. The lowest BCUT2D eigenvalue weighted by Crippen LogP contribution is -2.27. The minimum Gasteiger partial charge on any atom is -0.309 e. The molecule has 0 spiro atoms. The molecule has 6 heteroatoms. The molecular weight excluding hydrogens is 316 g/mol. The summed E-state index contributed by atoms with van der Waals surface area (Å²) in [6, 6.07) is 5.18. The summed E-state index contributed by atoms with van der Waals surface area (Å²) in [5, 5.41) is 0. The topological polar surface area (TPSA) is 49.4 Å². The second-order valence-electron chi connectivity index (χ2n) is 4.42. The minimum absolute atomic E-state index is 0.335. The van der Waals surface area contributed by atoms with Crippen molar-refractivity contribution in [3.63, 3.8) is 0 Å². The Morgan fingerprint density at radius 3 is 2.61 bits per heavy atom. The summed E-state index contributed by atoms with van der Waals surface area (Å²) >= 11 is 3.34. The van der Waals surface area contributed by atoms with Gasteiger partial charge in [0.25, 0.3) is 0 Å². The average Bonchev–Trinajstić information content (AvgIpc) is 2.28. The third kappa shape index (κ3) is 4.35. The number of rotatable bonds is 6. The molecule has 0 atom stereocenters. The van der Waals surface area contributed by atoms with Crippen LogP contribution in [0.1, 0.15) is 12.0 Å². The largest absolute Gasteiger partial charge is 0.309 e. The lowest BCUT2D eigenvalue weighted by Gasteiger charge is -2.12. The maximum atomic E-state index is 12.1. The third-order valence-electron chi connectivity index (χ3n) is 2.58. The van der Waals surface area contributed by atoms with Crippen molar-refractivity contribution in [3.05, 3.63) is 28.2 Å². The van der Waals surface area contributed by atoms with Crippen LogP contribution >= 0.6 is 15.9 Å². The summed E-state index contributed by atoms with van der Waals surface area (Å²) in [6.07, 6.45) is 0.791. The van der Waals surface area contributed by atoms with Crippen molar-refractivity contribution in [2.75, 3.05) is 27.2 Å². The SMILES string of the molecule is Cc1c(Br)cccc1S(=O)(=O)NCCCN(C)C. The smallest absolute Gasteiger partial charge is 0.240 e. The van der Waals surface area contributed by atoms with Gasteiger partial charge in [0.1, 0.15) is 0 Å². The van der Waals surface area contributed by atoms with Gasteiger partial charge >= 0.3 is 0 Å². The van der Waals surface area contributed by atoms with E-state index < -0.39 is 10.0 Å². The maximum absolute atomic E-state index is 12.1. The van der Waals surface area contributed by atoms with E-state index in [1.54, 1.807) is 19.1 Å². The van der Waals surface area contributed by atoms with Crippen LogP contribution in [0.4, 0.5) is 0 Å². The van der Waals surface area contributed by atoms with E-state index in [4.69, 9.17) is 0 Å². The molecular formula is C12H19BrN2O2S. The molecule has 0 aliphatic heterocycles. The van der Waals surface area contributed by atoms with Gasteiger partial charge in [-0.25, -0.2) is 13.1 Å². The number of halogens is 1. The molecule has 4 nitrogen and oxygen atoms in total. The summed E-state index contributed by atoms with van der Waals surface area (Å²) in [5.74, 6) is 0. The Bertz CT molecular complexity index is 501. The van der Waals surface area contributed by atoms with Crippen LogP contribution in [-0.2, 0) is 10.0 Å². The average molecular weight is 335 g/mol. The molecule has 0 aliphatic carbocycles. The normalized spacial score (nSPS) is 12.1. The Kier molecular flexibility index (Phi) is 5.78. The van der Waals surface area contributed by atoms with Crippen LogP contribution in [0.2, 0.25) is 0 Å². The number of nitrogens with zero attached hydrogens (tertiary/aromatic N) is 1. The van der Waals surface area contributed by atoms with Crippen molar-refractivity contribution in [2.24, 2.45) is 0 Å². The standard InChI is InChI=1S/C12H19BrN2O2S/c1-10-11(13)6-4-7-12(10)18(16,17)14-8-5-9-15(2)3/h4,6-7,14H,5,8-9H2,1-3H3. The first-order valence-corrected chi connectivity index (χ1v) is 8.01. The Hall–Kier alpha value is -0.430. The highest BCUT2D eigenvalue weighted by atomic mass is 79.9. The Labute approximate surface area is 118 Å². The summed E-state index contributed by atoms with van der Waals surface area (Å²) in [4.78, 5) is 2.36. The van der Waals surface area contributed by atoms with E-state index in [0.717, 1.165) is 23.0 Å². The first-order chi connectivity index (χ1) is 8.34. The summed E-state index contributed by atoms with van der Waals surface area (Å²) < 4.78 is 27.6. The minimum atomic E-state index is -3.41. The van der Waals surface area contributed by atoms with Crippen LogP contribution in [-0.4, -0.2) is 40.5 Å². The monoisotopic (exact) mass is 334 g/mol. The van der Waals surface area contributed by atoms with Gasteiger partial charge in [0.15, 0.2) is 0 Å². The summed E-state index contributed by atoms with van der Waals surface area (Å²) in [7, 11) is 0.521. The Morgan fingerprint density at radius 1 is 1.33 bits per heavy atom. The van der Waals surface area contributed by atoms with E-state index in [-0.39, 0.29) is 0 Å². The summed E-state index contributed by atoms with van der Waals surface area (Å²) in [5.41, 5.74) is 0.734. The van der Waals surface area contributed by atoms with Crippen molar-refractivity contribution in [2.45, 2.75) is 18.2 Å². The van der Waals surface area contributed by atoms with Crippen LogP contribution < -0.4 is 4.72 Å². The van der Waals surface area contributed by atoms with Crippen LogP contribution in [0.15, 0.2) is 27.6 Å². The second-order valence-corrected chi connectivity index (χ2v) is 7.01. The molecule has 1 aromatic rings. The maximum Gasteiger partial charge on any atom is 0.240 e. The summed E-state index contributed by atoms with van der Waals surface area (Å²) in [6.45, 7) is 3.10. The van der Waals surface area contributed by atoms with Gasteiger partial charge in [0, 0.05) is 11.0 Å². The van der Waals surface area contributed by atoms with Crippen molar-refractivity contribution in [1.82, 2.24) is 9.62 Å². The molecule has 102 valence electrons. The molecule has 1 aromatic carbocycles. The van der Waals surface area contributed by atoms with Gasteiger partial charge in [0.2, 0.25) is 10.0 Å². The molecule has 0 aliphatic rings. The Balaban J connectivity index is 2.72. The van der Waals surface area contributed by atoms with E-state index >= 15 is 0 Å². The van der Waals surface area contributed by atoms with Crippen molar-refractivity contribution in [1.29, 1.82) is 0 Å². The lowest BCUT2D eigenvalue weighted by molar-refractivity contribution is 0.400. The highest BCUT2D eigenvalue weighted by Crippen LogP contribution is 2.22. The first kappa shape index (κ1) is 15.6. The number of benzene rings is 1. The molecule has 0 aromatic heterocycles. The molecule has 0 heterocycles. The highest BCUT2D eigenvalue weighted by molar-refractivity contribution is 9.10. The van der Waals surface area contributed by atoms with E-state index in [1.807, 2.05) is 25.1 Å². The number of nitrogens with one attached hydrogen (secondary N) is 1. The fourth-order valence-electron chi connectivity index (χ4n) is 1.56. The van der Waals surface area contributed by atoms with Crippen LogP contribution in [0.25, 0.3) is 0 Å². The molecule has 0 radical (unpaired) electrons. The Morgan fingerprint density at radius 2 is 2.00 bits per heavy atom. The van der Waals surface area contributed by atoms with Gasteiger partial charge in [-0.05, 0) is 51.7 Å². The molecule has 0 unspecified atom stereocenters. The van der Waals surface area contributed by atoms with Gasteiger partial charge in [-0.2, -0.15) is 0 Å². The van der Waals surface area contributed by atoms with Crippen LogP contribution in [0, 0.1) is 6.92 Å². The molecule has 18 heavy (non-hydrogen) atoms. The second kappa shape index (κ2) is 6.65. The number of hydrogen-bond donors (Lipinski definition) is 1. The highest BCUT2D eigenvalue weighted by Gasteiger charge is 2.16. The molecule has 0 saturated heterocycles. The van der Waals surface area contributed by atoms with Crippen LogP contribution in [0.3, 0.4) is 0 Å². The molecule has 0 amide bonds. The molecule has 0 bridgehead atoms. The first-order valence-electron chi connectivity index (χ1n) is 5.74. The van der Waals surface area contributed by atoms with Gasteiger partial charge < -0.3 is 4.90 Å². The molecule has 1 rings (SSSR count). The van der Waals surface area contributed by atoms with Crippen molar-refractivity contribution >= 4 is 26.0 Å². The van der Waals surface area contributed by atoms with Crippen LogP contribution in [0.5, 0.6) is 0 Å². The molecule has 0 saturated carbocycles. The van der Waals surface area contributed by atoms with E-state index in [0.29, 0.717) is 11.4 Å². The predicted molar refractivity (Wildman–Crippen MR) is 77.2 cm³/mol. The van der Waals surface area contributed by atoms with Gasteiger partial charge in [-0.3, -0.25) is 0 Å². The van der Waals surface area contributed by atoms with E-state index in [1.165, 1.54) is 0 Å². The van der Waals surface area contributed by atoms with Gasteiger partial charge in [-0.1, -0.05) is 22.0 Å². The molecule has 0 fully saturated rings. The zero-order valence-electron chi connectivity index (χ0n) is 10.9. The van der Waals surface area contributed by atoms with Crippen molar-refractivity contribution in [3.8, 4) is 0 Å². The fourth-order valence-corrected chi connectivity index (χ4v) is 3.40.